The van der Waals surface area contributed by atoms with Crippen molar-refractivity contribution in [1.82, 2.24) is 15.0 Å². The van der Waals surface area contributed by atoms with Crippen LogP contribution in [0.1, 0.15) is 70.2 Å². The molecule has 0 radical (unpaired) electrons. The molecule has 0 aliphatic rings. The molecule has 22 heavy (non-hydrogen) atoms. The van der Waals surface area contributed by atoms with Gasteiger partial charge in [0, 0.05) is 31.0 Å². The van der Waals surface area contributed by atoms with E-state index in [-0.39, 0.29) is 0 Å². The lowest BCUT2D eigenvalue weighted by molar-refractivity contribution is 0.812. The molecule has 0 spiro atoms. The quantitative estimate of drug-likeness (QED) is 0.806. The maximum absolute atomic E-state index is 8.55. The van der Waals surface area contributed by atoms with Crippen molar-refractivity contribution >= 4 is 0 Å². The molecule has 0 amide bonds. The van der Waals surface area contributed by atoms with Gasteiger partial charge in [-0.2, -0.15) is 5.26 Å². The normalized spacial score (nSPS) is 9.23. The molecular weight excluding hydrogens is 272 g/mol. The third kappa shape index (κ3) is 7.49. The molecule has 4 nitrogen and oxygen atoms in total. The predicted molar refractivity (Wildman–Crippen MR) is 90.5 cm³/mol. The Morgan fingerprint density at radius 2 is 1.59 bits per heavy atom. The lowest BCUT2D eigenvalue weighted by atomic mass is 10.0. The van der Waals surface area contributed by atoms with Gasteiger partial charge in [0.1, 0.15) is 6.07 Å². The van der Waals surface area contributed by atoms with Crippen LogP contribution in [0.2, 0.25) is 0 Å². The number of rotatable bonds is 2. The zero-order valence-corrected chi connectivity index (χ0v) is 14.4. The van der Waals surface area contributed by atoms with Crippen molar-refractivity contribution in [3.8, 4) is 6.07 Å². The van der Waals surface area contributed by atoms with Gasteiger partial charge in [0.25, 0.3) is 0 Å². The third-order valence-electron chi connectivity index (χ3n) is 2.73. The van der Waals surface area contributed by atoms with Crippen LogP contribution in [0.15, 0.2) is 37.1 Å². The maximum atomic E-state index is 8.55. The Hall–Kier alpha value is -2.28. The molecule has 4 heteroatoms. The van der Waals surface area contributed by atoms with E-state index in [2.05, 4.69) is 48.7 Å². The van der Waals surface area contributed by atoms with Crippen molar-refractivity contribution in [2.24, 2.45) is 0 Å². The van der Waals surface area contributed by atoms with Gasteiger partial charge >= 0.3 is 0 Å². The highest BCUT2D eigenvalue weighted by atomic mass is 14.8. The summed E-state index contributed by atoms with van der Waals surface area (Å²) in [5.74, 6) is 0.925. The fourth-order valence-electron chi connectivity index (χ4n) is 1.44. The van der Waals surface area contributed by atoms with E-state index in [4.69, 9.17) is 5.26 Å². The molecule has 0 aliphatic heterocycles. The summed E-state index contributed by atoms with van der Waals surface area (Å²) in [6.45, 7) is 12.4. The average molecular weight is 298 g/mol. The minimum atomic E-state index is 0.441. The van der Waals surface area contributed by atoms with Crippen LogP contribution in [-0.2, 0) is 0 Å². The highest BCUT2D eigenvalue weighted by Gasteiger charge is 1.99. The highest BCUT2D eigenvalue weighted by molar-refractivity contribution is 5.30. The second kappa shape index (κ2) is 11.4. The largest absolute Gasteiger partial charge is 0.263 e. The summed E-state index contributed by atoms with van der Waals surface area (Å²) in [4.78, 5) is 12.0. The first-order valence-corrected chi connectivity index (χ1v) is 7.65. The van der Waals surface area contributed by atoms with Gasteiger partial charge in [-0.05, 0) is 23.5 Å². The molecule has 2 aromatic heterocycles. The van der Waals surface area contributed by atoms with Gasteiger partial charge in [-0.15, -0.1) is 0 Å². The third-order valence-corrected chi connectivity index (χ3v) is 2.73. The van der Waals surface area contributed by atoms with Crippen molar-refractivity contribution in [1.29, 1.82) is 5.26 Å². The molecule has 0 fully saturated rings. The Morgan fingerprint density at radius 3 is 2.00 bits per heavy atom. The maximum Gasteiger partial charge on any atom is 0.101 e. The van der Waals surface area contributed by atoms with Crippen molar-refractivity contribution in [2.75, 3.05) is 0 Å². The first kappa shape index (κ1) is 19.7. The molecule has 2 rings (SSSR count). The van der Waals surface area contributed by atoms with Gasteiger partial charge in [0.15, 0.2) is 0 Å². The lowest BCUT2D eigenvalue weighted by Crippen LogP contribution is -1.91. The second-order valence-corrected chi connectivity index (χ2v) is 5.06. The standard InChI is InChI=1S/C9H10N2.C7H10N2.C2H6/c1-7(2)9-3-8(4-10)5-11-6-9;1-6(2)7-5-8-3-4-9-7;1-2/h3,5-7H,1-2H3;3-6H,1-2H3;1-2H3. The zero-order valence-electron chi connectivity index (χ0n) is 14.4. The monoisotopic (exact) mass is 298 g/mol. The van der Waals surface area contributed by atoms with Crippen LogP contribution in [0.3, 0.4) is 0 Å². The Balaban J connectivity index is 0.000000366. The number of aromatic nitrogens is 3. The topological polar surface area (TPSA) is 62.5 Å². The summed E-state index contributed by atoms with van der Waals surface area (Å²) in [5.41, 5.74) is 2.80. The van der Waals surface area contributed by atoms with E-state index in [1.807, 2.05) is 19.9 Å². The molecule has 0 saturated heterocycles. The van der Waals surface area contributed by atoms with Gasteiger partial charge in [0.2, 0.25) is 0 Å². The molecule has 2 heterocycles. The van der Waals surface area contributed by atoms with E-state index in [9.17, 15) is 0 Å². The molecule has 2 aromatic rings. The molecule has 0 aliphatic carbocycles. The minimum Gasteiger partial charge on any atom is -0.263 e. The van der Waals surface area contributed by atoms with E-state index in [1.54, 1.807) is 31.0 Å². The van der Waals surface area contributed by atoms with Crippen LogP contribution < -0.4 is 0 Å². The fourth-order valence-corrected chi connectivity index (χ4v) is 1.44. The highest BCUT2D eigenvalue weighted by Crippen LogP contribution is 2.13. The molecule has 0 atom stereocenters. The minimum absolute atomic E-state index is 0.441. The van der Waals surface area contributed by atoms with Crippen molar-refractivity contribution in [3.05, 3.63) is 53.9 Å². The van der Waals surface area contributed by atoms with Crippen LogP contribution in [-0.4, -0.2) is 15.0 Å². The van der Waals surface area contributed by atoms with Gasteiger partial charge < -0.3 is 0 Å². The van der Waals surface area contributed by atoms with E-state index < -0.39 is 0 Å². The summed E-state index contributed by atoms with van der Waals surface area (Å²) in [5, 5.41) is 8.55. The Kier molecular flexibility index (Phi) is 10.2. The molecule has 0 unspecified atom stereocenters. The first-order valence-electron chi connectivity index (χ1n) is 7.65. The Labute approximate surface area is 134 Å². The van der Waals surface area contributed by atoms with Crippen molar-refractivity contribution < 1.29 is 0 Å². The average Bonchev–Trinajstić information content (AvgIpc) is 2.58. The van der Waals surface area contributed by atoms with E-state index in [1.165, 1.54) is 0 Å². The van der Waals surface area contributed by atoms with Crippen molar-refractivity contribution in [3.63, 3.8) is 0 Å². The smallest absolute Gasteiger partial charge is 0.101 e. The summed E-state index contributed by atoms with van der Waals surface area (Å²) in [7, 11) is 0. The van der Waals surface area contributed by atoms with Crippen LogP contribution in [0.5, 0.6) is 0 Å². The number of pyridine rings is 1. The summed E-state index contributed by atoms with van der Waals surface area (Å²) >= 11 is 0. The summed E-state index contributed by atoms with van der Waals surface area (Å²) in [6, 6.07) is 3.93. The van der Waals surface area contributed by atoms with Crippen LogP contribution in [0.4, 0.5) is 0 Å². The lowest BCUT2D eigenvalue weighted by Gasteiger charge is -2.02. The number of nitriles is 1. The van der Waals surface area contributed by atoms with Gasteiger partial charge in [-0.3, -0.25) is 15.0 Å². The van der Waals surface area contributed by atoms with Gasteiger partial charge in [0.05, 0.1) is 11.3 Å². The summed E-state index contributed by atoms with van der Waals surface area (Å²) < 4.78 is 0. The molecule has 0 saturated carbocycles. The molecule has 0 aromatic carbocycles. The predicted octanol–water partition coefficient (Wildman–Crippen LogP) is 4.70. The Bertz CT molecular complexity index is 557. The van der Waals surface area contributed by atoms with E-state index >= 15 is 0 Å². The van der Waals surface area contributed by atoms with E-state index in [0.717, 1.165) is 11.3 Å². The zero-order chi connectivity index (χ0) is 17.0. The molecule has 118 valence electrons. The second-order valence-electron chi connectivity index (χ2n) is 5.06. The SMILES string of the molecule is CC.CC(C)c1cncc(C#N)c1.CC(C)c1cnccn1. The first-order chi connectivity index (χ1) is 10.5. The van der Waals surface area contributed by atoms with Gasteiger partial charge in [-0.1, -0.05) is 41.5 Å². The number of hydrogen-bond acceptors (Lipinski definition) is 4. The van der Waals surface area contributed by atoms with Crippen LogP contribution >= 0.6 is 0 Å². The van der Waals surface area contributed by atoms with Crippen LogP contribution in [0.25, 0.3) is 0 Å². The van der Waals surface area contributed by atoms with Crippen molar-refractivity contribution in [2.45, 2.75) is 53.4 Å². The van der Waals surface area contributed by atoms with Crippen LogP contribution in [0, 0.1) is 11.3 Å². The molecular formula is C18H26N4. The van der Waals surface area contributed by atoms with E-state index in [0.29, 0.717) is 17.4 Å². The summed E-state index contributed by atoms with van der Waals surface area (Å²) in [6.07, 6.45) is 8.57. The number of nitrogens with zero attached hydrogens (tertiary/aromatic N) is 4. The van der Waals surface area contributed by atoms with Gasteiger partial charge in [-0.25, -0.2) is 0 Å². The number of hydrogen-bond donors (Lipinski definition) is 0. The fraction of sp³-hybridized carbons (Fsp3) is 0.444. The Morgan fingerprint density at radius 1 is 0.909 bits per heavy atom. The molecule has 0 N–H and O–H groups in total. The molecule has 0 bridgehead atoms.